The quantitative estimate of drug-likeness (QED) is 0.487. The van der Waals surface area contributed by atoms with E-state index >= 15 is 0 Å². The van der Waals surface area contributed by atoms with E-state index < -0.39 is 0 Å². The maximum Gasteiger partial charge on any atom is 0.178 e. The third-order valence-electron chi connectivity index (χ3n) is 1.31. The van der Waals surface area contributed by atoms with Gasteiger partial charge < -0.3 is 15.2 Å². The Labute approximate surface area is 53.0 Å². The molecule has 0 bridgehead atoms. The molecule has 0 aliphatic heterocycles. The Hall–Kier alpha value is -1.12. The van der Waals surface area contributed by atoms with E-state index in [-0.39, 0.29) is 11.5 Å². The molecule has 0 aliphatic rings. The van der Waals surface area contributed by atoms with E-state index in [2.05, 4.69) is 4.98 Å². The van der Waals surface area contributed by atoms with Gasteiger partial charge in [0.05, 0.1) is 11.4 Å². The number of rotatable bonds is 0. The number of aryl methyl sites for hydroxylation is 2. The van der Waals surface area contributed by atoms with Crippen LogP contribution in [0.5, 0.6) is 11.5 Å². The second kappa shape index (κ2) is 1.69. The average molecular weight is 127 g/mol. The smallest absolute Gasteiger partial charge is 0.178 e. The van der Waals surface area contributed by atoms with Gasteiger partial charge in [0, 0.05) is 0 Å². The van der Waals surface area contributed by atoms with Gasteiger partial charge in [-0.05, 0) is 13.8 Å². The SMILES string of the molecule is Cc1[nH]c(C)c(O)c1O. The first-order valence-electron chi connectivity index (χ1n) is 2.70. The first kappa shape index (κ1) is 6.01. The van der Waals surface area contributed by atoms with Gasteiger partial charge in [0.2, 0.25) is 0 Å². The molecule has 1 rings (SSSR count). The standard InChI is InChI=1S/C6H9NO2/c1-3-5(8)6(9)4(2)7-3/h7-9H,1-2H3. The van der Waals surface area contributed by atoms with Crippen LogP contribution in [0.4, 0.5) is 0 Å². The molecule has 0 saturated carbocycles. The lowest BCUT2D eigenvalue weighted by molar-refractivity contribution is 0.403. The third-order valence-corrected chi connectivity index (χ3v) is 1.31. The predicted molar refractivity (Wildman–Crippen MR) is 33.6 cm³/mol. The van der Waals surface area contributed by atoms with E-state index in [1.54, 1.807) is 13.8 Å². The number of hydrogen-bond acceptors (Lipinski definition) is 2. The van der Waals surface area contributed by atoms with Crippen LogP contribution in [-0.2, 0) is 0 Å². The van der Waals surface area contributed by atoms with Crippen molar-refractivity contribution in [1.82, 2.24) is 4.98 Å². The minimum atomic E-state index is -0.0486. The molecule has 0 spiro atoms. The molecule has 0 radical (unpaired) electrons. The summed E-state index contributed by atoms with van der Waals surface area (Å²) in [6.07, 6.45) is 0. The van der Waals surface area contributed by atoms with Crippen molar-refractivity contribution in [1.29, 1.82) is 0 Å². The van der Waals surface area contributed by atoms with Crippen molar-refractivity contribution in [3.63, 3.8) is 0 Å². The number of nitrogens with one attached hydrogen (secondary N) is 1. The zero-order chi connectivity index (χ0) is 7.02. The van der Waals surface area contributed by atoms with Crippen LogP contribution in [0.1, 0.15) is 11.4 Å². The van der Waals surface area contributed by atoms with E-state index in [0.717, 1.165) is 0 Å². The lowest BCUT2D eigenvalue weighted by Gasteiger charge is -1.86. The number of H-pyrrole nitrogens is 1. The summed E-state index contributed by atoms with van der Waals surface area (Å²) in [5.41, 5.74) is 1.20. The first-order chi connectivity index (χ1) is 4.13. The van der Waals surface area contributed by atoms with Gasteiger partial charge in [-0.2, -0.15) is 0 Å². The van der Waals surface area contributed by atoms with Crippen LogP contribution in [-0.4, -0.2) is 15.2 Å². The van der Waals surface area contributed by atoms with E-state index in [4.69, 9.17) is 10.2 Å². The lowest BCUT2D eigenvalue weighted by Crippen LogP contribution is -1.69. The zero-order valence-electron chi connectivity index (χ0n) is 5.39. The molecular weight excluding hydrogens is 118 g/mol. The highest BCUT2D eigenvalue weighted by Gasteiger charge is 2.07. The molecule has 0 amide bonds. The fourth-order valence-electron chi connectivity index (χ4n) is 0.755. The molecule has 0 saturated heterocycles. The summed E-state index contributed by atoms with van der Waals surface area (Å²) >= 11 is 0. The molecule has 3 heteroatoms. The molecule has 1 aromatic rings. The van der Waals surface area contributed by atoms with Crippen molar-refractivity contribution < 1.29 is 10.2 Å². The maximum atomic E-state index is 8.95. The first-order valence-corrected chi connectivity index (χ1v) is 2.70. The molecule has 0 unspecified atom stereocenters. The second-order valence-electron chi connectivity index (χ2n) is 2.07. The molecule has 0 aromatic carbocycles. The van der Waals surface area contributed by atoms with Crippen molar-refractivity contribution in [3.8, 4) is 11.5 Å². The Morgan fingerprint density at radius 2 is 1.33 bits per heavy atom. The van der Waals surface area contributed by atoms with Gasteiger partial charge in [0.25, 0.3) is 0 Å². The van der Waals surface area contributed by atoms with Crippen LogP contribution in [0.2, 0.25) is 0 Å². The Bertz CT molecular complexity index is 205. The molecule has 50 valence electrons. The highest BCUT2D eigenvalue weighted by Crippen LogP contribution is 2.30. The second-order valence-corrected chi connectivity index (χ2v) is 2.07. The molecule has 9 heavy (non-hydrogen) atoms. The van der Waals surface area contributed by atoms with Crippen molar-refractivity contribution >= 4 is 0 Å². The van der Waals surface area contributed by atoms with E-state index in [0.29, 0.717) is 11.4 Å². The monoisotopic (exact) mass is 127 g/mol. The minimum absolute atomic E-state index is 0.0486. The number of aromatic amines is 1. The normalized spacial score (nSPS) is 10.0. The van der Waals surface area contributed by atoms with Gasteiger partial charge in [0.1, 0.15) is 0 Å². The van der Waals surface area contributed by atoms with Gasteiger partial charge in [-0.15, -0.1) is 0 Å². The van der Waals surface area contributed by atoms with Crippen LogP contribution in [0.3, 0.4) is 0 Å². The van der Waals surface area contributed by atoms with Gasteiger partial charge in [0.15, 0.2) is 11.5 Å². The highest BCUT2D eigenvalue weighted by atomic mass is 16.3. The van der Waals surface area contributed by atoms with Crippen LogP contribution >= 0.6 is 0 Å². The average Bonchev–Trinajstić information content (AvgIpc) is 1.98. The summed E-state index contributed by atoms with van der Waals surface area (Å²) in [7, 11) is 0. The van der Waals surface area contributed by atoms with Gasteiger partial charge >= 0.3 is 0 Å². The maximum absolute atomic E-state index is 8.95. The van der Waals surface area contributed by atoms with Crippen LogP contribution in [0.15, 0.2) is 0 Å². The molecular formula is C6H9NO2. The van der Waals surface area contributed by atoms with Gasteiger partial charge in [-0.1, -0.05) is 0 Å². The molecule has 3 N–H and O–H groups in total. The molecule has 0 fully saturated rings. The highest BCUT2D eigenvalue weighted by molar-refractivity contribution is 5.45. The molecule has 1 aromatic heterocycles. The number of aromatic hydroxyl groups is 2. The minimum Gasteiger partial charge on any atom is -0.503 e. The number of aromatic nitrogens is 1. The Morgan fingerprint density at radius 1 is 1.00 bits per heavy atom. The van der Waals surface area contributed by atoms with Crippen molar-refractivity contribution in [2.75, 3.05) is 0 Å². The summed E-state index contributed by atoms with van der Waals surface area (Å²) in [5.74, 6) is -0.0972. The van der Waals surface area contributed by atoms with Gasteiger partial charge in [-0.3, -0.25) is 0 Å². The van der Waals surface area contributed by atoms with E-state index in [1.807, 2.05) is 0 Å². The lowest BCUT2D eigenvalue weighted by atomic mass is 10.4. The summed E-state index contributed by atoms with van der Waals surface area (Å²) in [6, 6.07) is 0. The summed E-state index contributed by atoms with van der Waals surface area (Å²) in [4.78, 5) is 2.78. The van der Waals surface area contributed by atoms with Gasteiger partial charge in [-0.25, -0.2) is 0 Å². The molecule has 3 nitrogen and oxygen atoms in total. The Kier molecular flexibility index (Phi) is 1.12. The summed E-state index contributed by atoms with van der Waals surface area (Å²) in [6.45, 7) is 3.39. The fourth-order valence-corrected chi connectivity index (χ4v) is 0.755. The van der Waals surface area contributed by atoms with E-state index in [9.17, 15) is 0 Å². The number of hydrogen-bond donors (Lipinski definition) is 3. The summed E-state index contributed by atoms with van der Waals surface area (Å²) < 4.78 is 0. The van der Waals surface area contributed by atoms with Crippen LogP contribution in [0, 0.1) is 13.8 Å². The van der Waals surface area contributed by atoms with Crippen molar-refractivity contribution in [2.45, 2.75) is 13.8 Å². The third kappa shape index (κ3) is 0.740. The van der Waals surface area contributed by atoms with Crippen molar-refractivity contribution in [3.05, 3.63) is 11.4 Å². The molecule has 0 atom stereocenters. The van der Waals surface area contributed by atoms with Crippen LogP contribution < -0.4 is 0 Å². The molecule has 1 heterocycles. The van der Waals surface area contributed by atoms with Crippen molar-refractivity contribution in [2.24, 2.45) is 0 Å². The fraction of sp³-hybridized carbons (Fsp3) is 0.333. The Morgan fingerprint density at radius 3 is 1.44 bits per heavy atom. The Balaban J connectivity index is 3.29. The topological polar surface area (TPSA) is 56.2 Å². The largest absolute Gasteiger partial charge is 0.503 e. The van der Waals surface area contributed by atoms with Crippen LogP contribution in [0.25, 0.3) is 0 Å². The predicted octanol–water partition coefficient (Wildman–Crippen LogP) is 1.04. The zero-order valence-corrected chi connectivity index (χ0v) is 5.39. The summed E-state index contributed by atoms with van der Waals surface area (Å²) in [5, 5.41) is 17.9. The molecule has 0 aliphatic carbocycles. The van der Waals surface area contributed by atoms with E-state index in [1.165, 1.54) is 0 Å².